The maximum atomic E-state index is 5.11. The molecule has 0 amide bonds. The van der Waals surface area contributed by atoms with Gasteiger partial charge in [-0.3, -0.25) is 0 Å². The van der Waals surface area contributed by atoms with Crippen LogP contribution in [0.25, 0.3) is 0 Å². The number of aromatic nitrogens is 1. The van der Waals surface area contributed by atoms with E-state index in [0.717, 1.165) is 30.3 Å². The van der Waals surface area contributed by atoms with Gasteiger partial charge in [-0.25, -0.2) is 4.98 Å². The molecule has 4 heteroatoms. The summed E-state index contributed by atoms with van der Waals surface area (Å²) in [5, 5.41) is 6.47. The first-order valence-corrected chi connectivity index (χ1v) is 5.88. The molecule has 0 aromatic carbocycles. The summed E-state index contributed by atoms with van der Waals surface area (Å²) >= 11 is 1.67. The van der Waals surface area contributed by atoms with Crippen molar-refractivity contribution in [2.24, 2.45) is 0 Å². The molecule has 0 radical (unpaired) electrons. The molecule has 0 aliphatic rings. The zero-order valence-corrected chi connectivity index (χ0v) is 9.86. The van der Waals surface area contributed by atoms with Gasteiger partial charge in [0.1, 0.15) is 0 Å². The average molecular weight is 214 g/mol. The lowest BCUT2D eigenvalue weighted by Gasteiger charge is -2.14. The van der Waals surface area contributed by atoms with Crippen LogP contribution >= 0.6 is 11.3 Å². The lowest BCUT2D eigenvalue weighted by molar-refractivity contribution is 0.184. The first-order valence-electron chi connectivity index (χ1n) is 5.00. The Labute approximate surface area is 89.5 Å². The van der Waals surface area contributed by atoms with Crippen LogP contribution in [0.1, 0.15) is 26.0 Å². The molecule has 0 aliphatic carbocycles. The Morgan fingerprint density at radius 2 is 2.36 bits per heavy atom. The molecule has 1 aromatic heterocycles. The number of nitrogens with one attached hydrogen (secondary N) is 1. The van der Waals surface area contributed by atoms with Gasteiger partial charge in [0.2, 0.25) is 0 Å². The molecule has 0 aliphatic heterocycles. The topological polar surface area (TPSA) is 34.1 Å². The highest BCUT2D eigenvalue weighted by Gasteiger charge is 2.07. The number of methoxy groups -OCH3 is 1. The number of hydrogen-bond donors (Lipinski definition) is 1. The van der Waals surface area contributed by atoms with Crippen LogP contribution in [0.5, 0.6) is 0 Å². The molecule has 3 nitrogen and oxygen atoms in total. The smallest absolute Gasteiger partial charge is 0.183 e. The van der Waals surface area contributed by atoms with Gasteiger partial charge in [-0.05, 0) is 12.8 Å². The Morgan fingerprint density at radius 1 is 1.57 bits per heavy atom. The first kappa shape index (κ1) is 11.5. The highest BCUT2D eigenvalue weighted by molar-refractivity contribution is 7.13. The van der Waals surface area contributed by atoms with Crippen molar-refractivity contribution in [3.05, 3.63) is 11.1 Å². The number of rotatable bonds is 6. The third-order valence-corrected chi connectivity index (χ3v) is 2.92. The number of thiazole rings is 1. The fraction of sp³-hybridized carbons (Fsp3) is 0.700. The quantitative estimate of drug-likeness (QED) is 0.790. The van der Waals surface area contributed by atoms with Crippen molar-refractivity contribution in [2.45, 2.75) is 32.7 Å². The molecule has 0 spiro atoms. The van der Waals surface area contributed by atoms with Crippen LogP contribution in [-0.2, 0) is 11.2 Å². The second-order valence-corrected chi connectivity index (χ2v) is 4.06. The Hall–Kier alpha value is -0.610. The van der Waals surface area contributed by atoms with Crippen molar-refractivity contribution in [1.82, 2.24) is 4.98 Å². The standard InChI is InChI=1S/C10H18N2OS/c1-4-8(6-13-3)11-10-12-9(5-2)7-14-10/h7-8H,4-6H2,1-3H3,(H,11,12). The van der Waals surface area contributed by atoms with Crippen molar-refractivity contribution in [2.75, 3.05) is 19.0 Å². The van der Waals surface area contributed by atoms with Crippen LogP contribution in [0.2, 0.25) is 0 Å². The highest BCUT2D eigenvalue weighted by Crippen LogP contribution is 2.17. The summed E-state index contributed by atoms with van der Waals surface area (Å²) in [5.41, 5.74) is 1.16. The third-order valence-electron chi connectivity index (χ3n) is 2.10. The van der Waals surface area contributed by atoms with Gasteiger partial charge < -0.3 is 10.1 Å². The van der Waals surface area contributed by atoms with Crippen molar-refractivity contribution < 1.29 is 4.74 Å². The summed E-state index contributed by atoms with van der Waals surface area (Å²) in [6.07, 6.45) is 2.05. The number of ether oxygens (including phenoxy) is 1. The number of hydrogen-bond acceptors (Lipinski definition) is 4. The molecular weight excluding hydrogens is 196 g/mol. The molecule has 80 valence electrons. The predicted octanol–water partition coefficient (Wildman–Crippen LogP) is 2.54. The van der Waals surface area contributed by atoms with Crippen LogP contribution in [0.15, 0.2) is 5.38 Å². The van der Waals surface area contributed by atoms with E-state index in [1.807, 2.05) is 0 Å². The zero-order chi connectivity index (χ0) is 10.4. The molecule has 1 unspecified atom stereocenters. The van der Waals surface area contributed by atoms with Crippen LogP contribution in [0, 0.1) is 0 Å². The van der Waals surface area contributed by atoms with E-state index in [1.54, 1.807) is 18.4 Å². The minimum Gasteiger partial charge on any atom is -0.383 e. The van der Waals surface area contributed by atoms with E-state index in [4.69, 9.17) is 4.74 Å². The fourth-order valence-electron chi connectivity index (χ4n) is 1.17. The van der Waals surface area contributed by atoms with Crippen molar-refractivity contribution in [1.29, 1.82) is 0 Å². The van der Waals surface area contributed by atoms with E-state index in [2.05, 4.69) is 29.5 Å². The maximum Gasteiger partial charge on any atom is 0.183 e. The maximum absolute atomic E-state index is 5.11. The van der Waals surface area contributed by atoms with E-state index >= 15 is 0 Å². The summed E-state index contributed by atoms with van der Waals surface area (Å²) in [7, 11) is 1.73. The van der Waals surface area contributed by atoms with Gasteiger partial charge in [-0.1, -0.05) is 13.8 Å². The average Bonchev–Trinajstić information content (AvgIpc) is 2.65. The minimum atomic E-state index is 0.371. The van der Waals surface area contributed by atoms with Crippen molar-refractivity contribution in [3.63, 3.8) is 0 Å². The largest absolute Gasteiger partial charge is 0.383 e. The highest BCUT2D eigenvalue weighted by atomic mass is 32.1. The van der Waals surface area contributed by atoms with E-state index < -0.39 is 0 Å². The van der Waals surface area contributed by atoms with Crippen molar-refractivity contribution >= 4 is 16.5 Å². The second kappa shape index (κ2) is 5.98. The summed E-state index contributed by atoms with van der Waals surface area (Å²) in [6.45, 7) is 4.99. The van der Waals surface area contributed by atoms with E-state index in [-0.39, 0.29) is 0 Å². The lowest BCUT2D eigenvalue weighted by atomic mass is 10.2. The van der Waals surface area contributed by atoms with E-state index in [9.17, 15) is 0 Å². The third kappa shape index (κ3) is 3.27. The van der Waals surface area contributed by atoms with Gasteiger partial charge in [0.25, 0.3) is 0 Å². The molecule has 14 heavy (non-hydrogen) atoms. The number of anilines is 1. The van der Waals surface area contributed by atoms with Gasteiger partial charge >= 0.3 is 0 Å². The fourth-order valence-corrected chi connectivity index (χ4v) is 2.04. The van der Waals surface area contributed by atoms with Gasteiger partial charge in [-0.2, -0.15) is 0 Å². The molecule has 0 saturated carbocycles. The molecule has 1 atom stereocenters. The zero-order valence-electron chi connectivity index (χ0n) is 9.04. The van der Waals surface area contributed by atoms with Gasteiger partial charge in [0, 0.05) is 12.5 Å². The molecule has 1 N–H and O–H groups in total. The SMILES string of the molecule is CCc1csc(NC(CC)COC)n1. The molecular formula is C10H18N2OS. The normalized spacial score (nSPS) is 12.8. The predicted molar refractivity (Wildman–Crippen MR) is 61.1 cm³/mol. The summed E-state index contributed by atoms with van der Waals surface area (Å²) in [6, 6.07) is 0.371. The van der Waals surface area contributed by atoms with Crippen LogP contribution < -0.4 is 5.32 Å². The molecule has 1 aromatic rings. The summed E-state index contributed by atoms with van der Waals surface area (Å²) in [5.74, 6) is 0. The number of aryl methyl sites for hydroxylation is 1. The molecule has 0 fully saturated rings. The van der Waals surface area contributed by atoms with Crippen LogP contribution in [0.4, 0.5) is 5.13 Å². The van der Waals surface area contributed by atoms with Crippen LogP contribution in [-0.4, -0.2) is 24.7 Å². The molecule has 1 rings (SSSR count). The minimum absolute atomic E-state index is 0.371. The van der Waals surface area contributed by atoms with Gasteiger partial charge in [-0.15, -0.1) is 11.3 Å². The molecule has 1 heterocycles. The van der Waals surface area contributed by atoms with E-state index in [0.29, 0.717) is 6.04 Å². The Morgan fingerprint density at radius 3 is 2.86 bits per heavy atom. The number of nitrogens with zero attached hydrogens (tertiary/aromatic N) is 1. The summed E-state index contributed by atoms with van der Waals surface area (Å²) in [4.78, 5) is 4.45. The molecule has 0 saturated heterocycles. The first-order chi connectivity index (χ1) is 6.80. The van der Waals surface area contributed by atoms with Gasteiger partial charge in [0.15, 0.2) is 5.13 Å². The molecule has 0 bridgehead atoms. The second-order valence-electron chi connectivity index (χ2n) is 3.20. The Bertz CT molecular complexity index is 262. The van der Waals surface area contributed by atoms with Gasteiger partial charge in [0.05, 0.1) is 18.3 Å². The summed E-state index contributed by atoms with van der Waals surface area (Å²) < 4.78 is 5.11. The Balaban J connectivity index is 2.48. The lowest BCUT2D eigenvalue weighted by Crippen LogP contribution is -2.23. The Kier molecular flexibility index (Phi) is 4.90. The van der Waals surface area contributed by atoms with Crippen molar-refractivity contribution in [3.8, 4) is 0 Å². The van der Waals surface area contributed by atoms with E-state index in [1.165, 1.54) is 0 Å². The monoisotopic (exact) mass is 214 g/mol. The van der Waals surface area contributed by atoms with Crippen LogP contribution in [0.3, 0.4) is 0 Å².